The molecule has 6 heteroatoms. The average molecular weight is 263 g/mol. The average Bonchev–Trinajstić information content (AvgIpc) is 2.27. The number of benzene rings is 1. The first-order valence-electron chi connectivity index (χ1n) is 4.17. The van der Waals surface area contributed by atoms with E-state index < -0.39 is 11.2 Å². The van der Waals surface area contributed by atoms with Gasteiger partial charge in [-0.15, -0.1) is 0 Å². The molecule has 0 heterocycles. The molecular weight excluding hydrogens is 255 g/mol. The lowest BCUT2D eigenvalue weighted by Gasteiger charge is -2.09. The van der Waals surface area contributed by atoms with Crippen LogP contribution in [-0.2, 0) is 4.74 Å². The second kappa shape index (κ2) is 5.18. The highest BCUT2D eigenvalue weighted by Crippen LogP contribution is 2.28. The van der Waals surface area contributed by atoms with Gasteiger partial charge in [0.25, 0.3) is 5.24 Å². The van der Waals surface area contributed by atoms with Crippen molar-refractivity contribution in [1.29, 1.82) is 0 Å². The minimum atomic E-state index is -0.722. The van der Waals surface area contributed by atoms with Crippen molar-refractivity contribution in [2.75, 3.05) is 14.2 Å². The molecule has 0 aliphatic rings. The molecule has 0 bridgehead atoms. The molecule has 1 aromatic carbocycles. The quantitative estimate of drug-likeness (QED) is 0.621. The lowest BCUT2D eigenvalue weighted by atomic mass is 10.1. The number of methoxy groups -OCH3 is 2. The van der Waals surface area contributed by atoms with Crippen molar-refractivity contribution in [3.8, 4) is 5.75 Å². The van der Waals surface area contributed by atoms with Crippen molar-refractivity contribution >= 4 is 34.4 Å². The lowest BCUT2D eigenvalue weighted by molar-refractivity contribution is 0.0597. The minimum absolute atomic E-state index is 0.0706. The topological polar surface area (TPSA) is 52.6 Å². The van der Waals surface area contributed by atoms with E-state index in [1.165, 1.54) is 26.4 Å². The van der Waals surface area contributed by atoms with Crippen LogP contribution in [0.3, 0.4) is 0 Å². The smallest absolute Gasteiger partial charge is 0.341 e. The number of carbonyl (C=O) groups is 2. The van der Waals surface area contributed by atoms with Crippen molar-refractivity contribution in [2.45, 2.75) is 0 Å². The van der Waals surface area contributed by atoms with Gasteiger partial charge in [0.05, 0.1) is 24.8 Å². The molecule has 4 nitrogen and oxygen atoms in total. The highest BCUT2D eigenvalue weighted by molar-refractivity contribution is 6.68. The normalized spacial score (nSPS) is 9.75. The van der Waals surface area contributed by atoms with Gasteiger partial charge in [-0.2, -0.15) is 0 Å². The van der Waals surface area contributed by atoms with Crippen molar-refractivity contribution < 1.29 is 19.1 Å². The Balaban J connectivity index is 3.37. The first kappa shape index (κ1) is 12.8. The fourth-order valence-corrected chi connectivity index (χ4v) is 1.60. The standard InChI is InChI=1S/C10H8Cl2O4/c1-15-8-4-5(9(12)13)7(11)3-6(8)10(14)16-2/h3-4H,1-2H3. The Labute approximate surface area is 102 Å². The zero-order valence-electron chi connectivity index (χ0n) is 8.54. The summed E-state index contributed by atoms with van der Waals surface area (Å²) in [7, 11) is 2.59. The van der Waals surface area contributed by atoms with Crippen LogP contribution in [0.4, 0.5) is 0 Å². The van der Waals surface area contributed by atoms with Crippen LogP contribution >= 0.6 is 23.2 Å². The third-order valence-electron chi connectivity index (χ3n) is 1.91. The van der Waals surface area contributed by atoms with E-state index in [9.17, 15) is 9.59 Å². The third-order valence-corrected chi connectivity index (χ3v) is 2.42. The van der Waals surface area contributed by atoms with E-state index in [2.05, 4.69) is 4.74 Å². The molecule has 0 spiro atoms. The SMILES string of the molecule is COC(=O)c1cc(Cl)c(C(=O)Cl)cc1OC. The van der Waals surface area contributed by atoms with Crippen LogP contribution in [0, 0.1) is 0 Å². The van der Waals surface area contributed by atoms with E-state index in [1.807, 2.05) is 0 Å². The maximum Gasteiger partial charge on any atom is 0.341 e. The summed E-state index contributed by atoms with van der Waals surface area (Å²) in [5, 5.41) is -0.652. The molecule has 0 atom stereocenters. The fourth-order valence-electron chi connectivity index (χ4n) is 1.14. The van der Waals surface area contributed by atoms with Crippen LogP contribution in [0.25, 0.3) is 0 Å². The molecule has 1 aromatic rings. The monoisotopic (exact) mass is 262 g/mol. The van der Waals surface area contributed by atoms with E-state index >= 15 is 0 Å². The molecule has 16 heavy (non-hydrogen) atoms. The largest absolute Gasteiger partial charge is 0.496 e. The molecule has 0 unspecified atom stereocenters. The summed E-state index contributed by atoms with van der Waals surface area (Å²) in [4.78, 5) is 22.3. The summed E-state index contributed by atoms with van der Waals surface area (Å²) < 4.78 is 9.48. The highest BCUT2D eigenvalue weighted by Gasteiger charge is 2.18. The molecule has 0 aromatic heterocycles. The predicted molar refractivity (Wildman–Crippen MR) is 59.5 cm³/mol. The second-order valence-corrected chi connectivity index (χ2v) is 3.55. The molecular formula is C10H8Cl2O4. The van der Waals surface area contributed by atoms with E-state index in [-0.39, 0.29) is 21.9 Å². The summed E-state index contributed by atoms with van der Waals surface area (Å²) in [6, 6.07) is 2.58. The van der Waals surface area contributed by atoms with Gasteiger partial charge in [0.15, 0.2) is 0 Å². The van der Waals surface area contributed by atoms with Crippen LogP contribution in [0.1, 0.15) is 20.7 Å². The molecule has 0 amide bonds. The summed E-state index contributed by atoms with van der Waals surface area (Å²) in [5.74, 6) is -0.424. The van der Waals surface area contributed by atoms with E-state index in [0.717, 1.165) is 0 Å². The van der Waals surface area contributed by atoms with E-state index in [4.69, 9.17) is 27.9 Å². The zero-order chi connectivity index (χ0) is 12.3. The third kappa shape index (κ3) is 2.46. The maximum absolute atomic E-state index is 11.3. The predicted octanol–water partition coefficient (Wildman–Crippen LogP) is 2.51. The van der Waals surface area contributed by atoms with Gasteiger partial charge >= 0.3 is 5.97 Å². The van der Waals surface area contributed by atoms with Gasteiger partial charge in [0.2, 0.25) is 0 Å². The number of ether oxygens (including phenoxy) is 2. The number of hydrogen-bond acceptors (Lipinski definition) is 4. The molecule has 0 N–H and O–H groups in total. The fraction of sp³-hybridized carbons (Fsp3) is 0.200. The molecule has 86 valence electrons. The molecule has 0 fully saturated rings. The number of hydrogen-bond donors (Lipinski definition) is 0. The number of carbonyl (C=O) groups excluding carboxylic acids is 2. The maximum atomic E-state index is 11.3. The van der Waals surface area contributed by atoms with E-state index in [1.54, 1.807) is 0 Å². The van der Waals surface area contributed by atoms with Crippen LogP contribution in [0.2, 0.25) is 5.02 Å². The Morgan fingerprint density at radius 2 is 1.81 bits per heavy atom. The first-order valence-corrected chi connectivity index (χ1v) is 4.92. The van der Waals surface area contributed by atoms with Gasteiger partial charge in [-0.25, -0.2) is 4.79 Å². The summed E-state index contributed by atoms with van der Waals surface area (Å²) in [6.07, 6.45) is 0. The Morgan fingerprint density at radius 1 is 1.19 bits per heavy atom. The Kier molecular flexibility index (Phi) is 4.15. The second-order valence-electron chi connectivity index (χ2n) is 2.80. The van der Waals surface area contributed by atoms with Crippen LogP contribution < -0.4 is 4.74 Å². The molecule has 0 saturated heterocycles. The van der Waals surface area contributed by atoms with Crippen LogP contribution in [0.15, 0.2) is 12.1 Å². The summed E-state index contributed by atoms with van der Waals surface area (Å²) in [6.45, 7) is 0. The summed E-state index contributed by atoms with van der Waals surface area (Å²) in [5.41, 5.74) is 0.213. The van der Waals surface area contributed by atoms with Crippen molar-refractivity contribution in [1.82, 2.24) is 0 Å². The van der Waals surface area contributed by atoms with E-state index in [0.29, 0.717) is 0 Å². The highest BCUT2D eigenvalue weighted by atomic mass is 35.5. The number of halogens is 2. The van der Waals surface area contributed by atoms with Gasteiger partial charge < -0.3 is 9.47 Å². The summed E-state index contributed by atoms with van der Waals surface area (Å²) >= 11 is 11.1. The van der Waals surface area contributed by atoms with Crippen molar-refractivity contribution in [3.63, 3.8) is 0 Å². The van der Waals surface area contributed by atoms with Crippen molar-refractivity contribution in [3.05, 3.63) is 28.3 Å². The number of esters is 1. The first-order chi connectivity index (χ1) is 7.51. The number of rotatable bonds is 3. The van der Waals surface area contributed by atoms with Gasteiger partial charge in [-0.3, -0.25) is 4.79 Å². The molecule has 0 aliphatic heterocycles. The van der Waals surface area contributed by atoms with Gasteiger partial charge in [-0.1, -0.05) is 11.6 Å². The van der Waals surface area contributed by atoms with Crippen molar-refractivity contribution in [2.24, 2.45) is 0 Å². The molecule has 1 rings (SSSR count). The Bertz CT molecular complexity index is 443. The molecule has 0 saturated carbocycles. The zero-order valence-corrected chi connectivity index (χ0v) is 10.1. The lowest BCUT2D eigenvalue weighted by Crippen LogP contribution is -2.05. The van der Waals surface area contributed by atoms with Gasteiger partial charge in [-0.05, 0) is 23.7 Å². The van der Waals surface area contributed by atoms with Gasteiger partial charge in [0, 0.05) is 0 Å². The molecule has 0 aliphatic carbocycles. The van der Waals surface area contributed by atoms with Crippen LogP contribution in [-0.4, -0.2) is 25.4 Å². The molecule has 0 radical (unpaired) electrons. The minimum Gasteiger partial charge on any atom is -0.496 e. The Hall–Kier alpha value is -1.26. The van der Waals surface area contributed by atoms with Crippen LogP contribution in [0.5, 0.6) is 5.75 Å². The van der Waals surface area contributed by atoms with Gasteiger partial charge in [0.1, 0.15) is 11.3 Å². The Morgan fingerprint density at radius 3 is 2.25 bits per heavy atom.